The fraction of sp³-hybridized carbons (Fsp3) is 0.143. The lowest BCUT2D eigenvalue weighted by atomic mass is 10.1. The molecule has 0 spiro atoms. The molecule has 206 valence electrons. The fourth-order valence-corrected chi connectivity index (χ4v) is 4.10. The zero-order valence-electron chi connectivity index (χ0n) is 21.4. The molecule has 1 aliphatic rings. The zero-order valence-corrected chi connectivity index (χ0v) is 22.2. The minimum Gasteiger partial charge on any atom is -0.495 e. The average molecular weight is 566 g/mol. The zero-order chi connectivity index (χ0) is 28.8. The SMILES string of the molecule is COc1ccccc1NC(=O)CN1C(=O)N/C(=C/c2cc(Cl)c(OCc3ccc(C(=O)O)cc3)c(OC)c2)C1=O. The molecule has 1 saturated heterocycles. The van der Waals surface area contributed by atoms with Gasteiger partial charge < -0.3 is 30.0 Å². The number of carbonyl (C=O) groups is 4. The van der Waals surface area contributed by atoms with Gasteiger partial charge in [0.1, 0.15) is 24.6 Å². The normalized spacial score (nSPS) is 13.7. The first-order valence-corrected chi connectivity index (χ1v) is 12.2. The number of carbonyl (C=O) groups excluding carboxylic acids is 3. The van der Waals surface area contributed by atoms with Crippen molar-refractivity contribution in [1.29, 1.82) is 0 Å². The van der Waals surface area contributed by atoms with Crippen molar-refractivity contribution in [2.45, 2.75) is 6.61 Å². The molecule has 11 nitrogen and oxygen atoms in total. The molecule has 0 bridgehead atoms. The lowest BCUT2D eigenvalue weighted by molar-refractivity contribution is -0.127. The van der Waals surface area contributed by atoms with E-state index in [9.17, 15) is 19.2 Å². The van der Waals surface area contributed by atoms with Gasteiger partial charge in [-0.15, -0.1) is 0 Å². The first-order valence-electron chi connectivity index (χ1n) is 11.8. The van der Waals surface area contributed by atoms with Crippen LogP contribution in [-0.2, 0) is 16.2 Å². The van der Waals surface area contributed by atoms with E-state index >= 15 is 0 Å². The highest BCUT2D eigenvalue weighted by molar-refractivity contribution is 6.32. The number of nitrogens with zero attached hydrogens (tertiary/aromatic N) is 1. The fourth-order valence-electron chi connectivity index (χ4n) is 3.83. The lowest BCUT2D eigenvalue weighted by Crippen LogP contribution is -2.38. The molecule has 1 heterocycles. The molecule has 12 heteroatoms. The summed E-state index contributed by atoms with van der Waals surface area (Å²) in [6.07, 6.45) is 1.40. The Balaban J connectivity index is 1.46. The van der Waals surface area contributed by atoms with Gasteiger partial charge in [0.2, 0.25) is 5.91 Å². The molecule has 0 radical (unpaired) electrons. The number of anilines is 1. The highest BCUT2D eigenvalue weighted by atomic mass is 35.5. The number of halogens is 1. The summed E-state index contributed by atoms with van der Waals surface area (Å²) in [5.74, 6) is -1.36. The van der Waals surface area contributed by atoms with Crippen molar-refractivity contribution in [3.8, 4) is 17.2 Å². The molecule has 0 saturated carbocycles. The molecular weight excluding hydrogens is 542 g/mol. The van der Waals surface area contributed by atoms with E-state index < -0.39 is 30.4 Å². The second-order valence-corrected chi connectivity index (χ2v) is 8.86. The van der Waals surface area contributed by atoms with Crippen LogP contribution in [0.5, 0.6) is 17.2 Å². The smallest absolute Gasteiger partial charge is 0.335 e. The van der Waals surface area contributed by atoms with E-state index in [4.69, 9.17) is 30.9 Å². The third-order valence-corrected chi connectivity index (χ3v) is 6.07. The van der Waals surface area contributed by atoms with Crippen LogP contribution in [0.4, 0.5) is 10.5 Å². The summed E-state index contributed by atoms with van der Waals surface area (Å²) in [4.78, 5) is 49.7. The van der Waals surface area contributed by atoms with Crippen LogP contribution in [0.25, 0.3) is 6.08 Å². The summed E-state index contributed by atoms with van der Waals surface area (Å²) in [5.41, 5.74) is 1.65. The van der Waals surface area contributed by atoms with E-state index in [0.29, 0.717) is 22.6 Å². The van der Waals surface area contributed by atoms with Gasteiger partial charge in [0.25, 0.3) is 5.91 Å². The summed E-state index contributed by atoms with van der Waals surface area (Å²) in [7, 11) is 2.88. The van der Waals surface area contributed by atoms with Gasteiger partial charge >= 0.3 is 12.0 Å². The standard InChI is InChI=1S/C28H24ClN3O8/c1-38-22-6-4-3-5-20(22)30-24(33)14-32-26(34)21(31-28(32)37)12-17-11-19(29)25(23(13-17)39-2)40-15-16-7-9-18(10-8-16)27(35)36/h3-13H,14-15H2,1-2H3,(H,30,33)(H,31,37)(H,35,36)/b21-12+. The summed E-state index contributed by atoms with van der Waals surface area (Å²) >= 11 is 6.44. The number of methoxy groups -OCH3 is 2. The van der Waals surface area contributed by atoms with E-state index in [0.717, 1.165) is 4.90 Å². The lowest BCUT2D eigenvalue weighted by Gasteiger charge is -2.14. The van der Waals surface area contributed by atoms with Crippen LogP contribution in [0.3, 0.4) is 0 Å². The number of para-hydroxylation sites is 2. The van der Waals surface area contributed by atoms with Gasteiger partial charge in [0, 0.05) is 0 Å². The first-order chi connectivity index (χ1) is 19.2. The number of aromatic carboxylic acids is 1. The molecule has 4 amide bonds. The van der Waals surface area contributed by atoms with Gasteiger partial charge in [0.15, 0.2) is 11.5 Å². The third-order valence-electron chi connectivity index (χ3n) is 5.79. The van der Waals surface area contributed by atoms with Crippen molar-refractivity contribution in [1.82, 2.24) is 10.2 Å². The Hall–Kier alpha value is -5.03. The predicted octanol–water partition coefficient (Wildman–Crippen LogP) is 4.17. The molecule has 1 aliphatic heterocycles. The van der Waals surface area contributed by atoms with Crippen LogP contribution >= 0.6 is 11.6 Å². The first kappa shape index (κ1) is 28.0. The van der Waals surface area contributed by atoms with Crippen LogP contribution in [0, 0.1) is 0 Å². The van der Waals surface area contributed by atoms with Crippen molar-refractivity contribution >= 4 is 47.2 Å². The summed E-state index contributed by atoms with van der Waals surface area (Å²) in [6, 6.07) is 15.3. The Labute approximate surface area is 233 Å². The number of carboxylic acid groups (broad SMARTS) is 1. The Morgan fingerprint density at radius 2 is 1.73 bits per heavy atom. The van der Waals surface area contributed by atoms with E-state index in [-0.39, 0.29) is 34.4 Å². The Bertz CT molecular complexity index is 1500. The molecular formula is C28H24ClN3O8. The van der Waals surface area contributed by atoms with Gasteiger partial charge in [-0.25, -0.2) is 14.5 Å². The van der Waals surface area contributed by atoms with E-state index in [1.807, 2.05) is 0 Å². The quantitative estimate of drug-likeness (QED) is 0.245. The molecule has 0 aliphatic carbocycles. The molecule has 3 aromatic carbocycles. The third kappa shape index (κ3) is 6.33. The van der Waals surface area contributed by atoms with Gasteiger partial charge in [0.05, 0.1) is 30.5 Å². The molecule has 0 atom stereocenters. The number of nitrogens with one attached hydrogen (secondary N) is 2. The Morgan fingerprint density at radius 3 is 2.40 bits per heavy atom. The highest BCUT2D eigenvalue weighted by Crippen LogP contribution is 2.37. The number of carboxylic acids is 1. The van der Waals surface area contributed by atoms with E-state index in [1.165, 1.54) is 38.5 Å². The predicted molar refractivity (Wildman–Crippen MR) is 146 cm³/mol. The molecule has 4 rings (SSSR count). The van der Waals surface area contributed by atoms with Crippen LogP contribution in [-0.4, -0.2) is 54.6 Å². The Morgan fingerprint density at radius 1 is 1.02 bits per heavy atom. The van der Waals surface area contributed by atoms with Crippen molar-refractivity contribution in [3.63, 3.8) is 0 Å². The van der Waals surface area contributed by atoms with Crippen LogP contribution in [0.1, 0.15) is 21.5 Å². The number of benzene rings is 3. The van der Waals surface area contributed by atoms with Crippen LogP contribution in [0.2, 0.25) is 5.02 Å². The molecule has 3 aromatic rings. The summed E-state index contributed by atoms with van der Waals surface area (Å²) < 4.78 is 16.4. The van der Waals surface area contributed by atoms with E-state index in [2.05, 4.69) is 10.6 Å². The summed E-state index contributed by atoms with van der Waals surface area (Å²) in [6.45, 7) is -0.415. The second-order valence-electron chi connectivity index (χ2n) is 8.45. The number of amides is 4. The molecule has 40 heavy (non-hydrogen) atoms. The number of imide groups is 1. The van der Waals surface area contributed by atoms with Gasteiger partial charge in [-0.05, 0) is 53.6 Å². The maximum atomic E-state index is 12.9. The maximum Gasteiger partial charge on any atom is 0.335 e. The van der Waals surface area contributed by atoms with Crippen molar-refractivity contribution in [2.75, 3.05) is 26.1 Å². The van der Waals surface area contributed by atoms with Gasteiger partial charge in [-0.2, -0.15) is 0 Å². The minimum atomic E-state index is -1.03. The van der Waals surface area contributed by atoms with Crippen molar-refractivity contribution < 1.29 is 38.5 Å². The highest BCUT2D eigenvalue weighted by Gasteiger charge is 2.35. The minimum absolute atomic E-state index is 0.0552. The average Bonchev–Trinajstić information content (AvgIpc) is 3.19. The van der Waals surface area contributed by atoms with Gasteiger partial charge in [-0.3, -0.25) is 9.59 Å². The summed E-state index contributed by atoms with van der Waals surface area (Å²) in [5, 5.41) is 14.3. The number of ether oxygens (including phenoxy) is 3. The van der Waals surface area contributed by atoms with E-state index in [1.54, 1.807) is 42.5 Å². The van der Waals surface area contributed by atoms with Crippen LogP contribution < -0.4 is 24.8 Å². The number of rotatable bonds is 10. The molecule has 0 aromatic heterocycles. The molecule has 1 fully saturated rings. The second kappa shape index (κ2) is 12.2. The number of hydrogen-bond donors (Lipinski definition) is 3. The maximum absolute atomic E-state index is 12.9. The van der Waals surface area contributed by atoms with Crippen molar-refractivity contribution in [3.05, 3.63) is 88.1 Å². The molecule has 0 unspecified atom stereocenters. The van der Waals surface area contributed by atoms with Gasteiger partial charge in [-0.1, -0.05) is 35.9 Å². The van der Waals surface area contributed by atoms with Crippen LogP contribution in [0.15, 0.2) is 66.4 Å². The monoisotopic (exact) mass is 565 g/mol. The largest absolute Gasteiger partial charge is 0.495 e. The van der Waals surface area contributed by atoms with Crippen molar-refractivity contribution in [2.24, 2.45) is 0 Å². The molecule has 3 N–H and O–H groups in total. The number of urea groups is 1. The number of hydrogen-bond acceptors (Lipinski definition) is 7. The Kier molecular flexibility index (Phi) is 8.55. The topological polar surface area (TPSA) is 144 Å².